The van der Waals surface area contributed by atoms with Gasteiger partial charge in [0.1, 0.15) is 5.75 Å². The summed E-state index contributed by atoms with van der Waals surface area (Å²) in [6, 6.07) is 7.37. The molecule has 0 spiro atoms. The van der Waals surface area contributed by atoms with Crippen molar-refractivity contribution < 1.29 is 5.11 Å². The highest BCUT2D eigenvalue weighted by molar-refractivity contribution is 5.25. The molecule has 1 aromatic carbocycles. The zero-order chi connectivity index (χ0) is 12.4. The summed E-state index contributed by atoms with van der Waals surface area (Å²) in [6.45, 7) is 8.88. The fraction of sp³-hybridized carbons (Fsp3) is 0.600. The van der Waals surface area contributed by atoms with Crippen LogP contribution in [0.1, 0.15) is 52.5 Å². The molecule has 0 fully saturated rings. The van der Waals surface area contributed by atoms with Crippen LogP contribution in [-0.4, -0.2) is 5.11 Å². The van der Waals surface area contributed by atoms with Crippen molar-refractivity contribution in [3.8, 4) is 5.75 Å². The Bertz CT molecular complexity index is 247. The van der Waals surface area contributed by atoms with E-state index < -0.39 is 0 Å². The van der Waals surface area contributed by atoms with Gasteiger partial charge >= 0.3 is 0 Å². The van der Waals surface area contributed by atoms with Crippen molar-refractivity contribution in [2.75, 3.05) is 0 Å². The van der Waals surface area contributed by atoms with E-state index in [1.807, 2.05) is 12.1 Å². The van der Waals surface area contributed by atoms with Gasteiger partial charge in [-0.05, 0) is 30.0 Å². The second-order valence-electron chi connectivity index (χ2n) is 4.34. The average molecular weight is 222 g/mol. The summed E-state index contributed by atoms with van der Waals surface area (Å²) in [5.41, 5.74) is 1.29. The Morgan fingerprint density at radius 2 is 1.50 bits per heavy atom. The molecule has 1 heteroatoms. The zero-order valence-electron chi connectivity index (χ0n) is 11.2. The van der Waals surface area contributed by atoms with E-state index in [9.17, 15) is 0 Å². The van der Waals surface area contributed by atoms with Gasteiger partial charge in [0.05, 0.1) is 0 Å². The summed E-state index contributed by atoms with van der Waals surface area (Å²) in [6.07, 6.45) is 4.91. The lowest BCUT2D eigenvalue weighted by atomic mass is 10.1. The van der Waals surface area contributed by atoms with Crippen LogP contribution in [0.25, 0.3) is 0 Å². The van der Waals surface area contributed by atoms with E-state index in [-0.39, 0.29) is 0 Å². The van der Waals surface area contributed by atoms with Gasteiger partial charge in [0.25, 0.3) is 0 Å². The zero-order valence-corrected chi connectivity index (χ0v) is 11.2. The Labute approximate surface area is 101 Å². The van der Waals surface area contributed by atoms with Gasteiger partial charge in [-0.15, -0.1) is 0 Å². The van der Waals surface area contributed by atoms with Crippen LogP contribution < -0.4 is 0 Å². The minimum Gasteiger partial charge on any atom is -0.508 e. The van der Waals surface area contributed by atoms with E-state index in [1.54, 1.807) is 12.1 Å². The molecule has 0 bridgehead atoms. The molecule has 92 valence electrons. The van der Waals surface area contributed by atoms with Crippen molar-refractivity contribution in [1.82, 2.24) is 0 Å². The highest BCUT2D eigenvalue weighted by Gasteiger charge is 1.89. The van der Waals surface area contributed by atoms with Gasteiger partial charge in [-0.1, -0.05) is 59.1 Å². The highest BCUT2D eigenvalue weighted by Crippen LogP contribution is 2.10. The molecule has 0 aromatic heterocycles. The lowest BCUT2D eigenvalue weighted by Gasteiger charge is -1.98. The Balaban J connectivity index is 0.000000325. The summed E-state index contributed by atoms with van der Waals surface area (Å²) >= 11 is 0. The molecule has 1 N–H and O–H groups in total. The van der Waals surface area contributed by atoms with E-state index in [4.69, 9.17) is 5.11 Å². The third-order valence-corrected chi connectivity index (χ3v) is 2.87. The average Bonchev–Trinajstić information content (AvgIpc) is 2.32. The smallest absolute Gasteiger partial charge is 0.115 e. The molecule has 0 radical (unpaired) electrons. The number of rotatable bonds is 4. The lowest BCUT2D eigenvalue weighted by Crippen LogP contribution is -1.85. The van der Waals surface area contributed by atoms with Crippen LogP contribution in [-0.2, 0) is 6.42 Å². The maximum absolute atomic E-state index is 8.92. The van der Waals surface area contributed by atoms with E-state index in [1.165, 1.54) is 18.4 Å². The molecule has 0 aliphatic rings. The van der Waals surface area contributed by atoms with E-state index in [0.717, 1.165) is 18.8 Å². The van der Waals surface area contributed by atoms with Gasteiger partial charge in [-0.25, -0.2) is 0 Å². The number of hydrogen-bond donors (Lipinski definition) is 1. The van der Waals surface area contributed by atoms with Crippen LogP contribution in [0.15, 0.2) is 24.3 Å². The van der Waals surface area contributed by atoms with Gasteiger partial charge in [-0.3, -0.25) is 0 Å². The number of phenols is 1. The van der Waals surface area contributed by atoms with Crippen LogP contribution in [0.4, 0.5) is 0 Å². The van der Waals surface area contributed by atoms with Crippen molar-refractivity contribution in [1.29, 1.82) is 0 Å². The maximum Gasteiger partial charge on any atom is 0.115 e. The van der Waals surface area contributed by atoms with Gasteiger partial charge in [0.2, 0.25) is 0 Å². The third-order valence-electron chi connectivity index (χ3n) is 2.87. The highest BCUT2D eigenvalue weighted by atomic mass is 16.3. The molecular formula is C15H26O. The summed E-state index contributed by atoms with van der Waals surface area (Å²) < 4.78 is 0. The first-order valence-corrected chi connectivity index (χ1v) is 6.41. The summed E-state index contributed by atoms with van der Waals surface area (Å²) in [5.74, 6) is 1.28. The van der Waals surface area contributed by atoms with Crippen molar-refractivity contribution >= 4 is 0 Å². The van der Waals surface area contributed by atoms with Gasteiger partial charge < -0.3 is 5.11 Å². The fourth-order valence-electron chi connectivity index (χ4n) is 1.24. The lowest BCUT2D eigenvalue weighted by molar-refractivity contribution is 0.475. The second kappa shape index (κ2) is 9.26. The van der Waals surface area contributed by atoms with Crippen molar-refractivity contribution in [2.24, 2.45) is 5.92 Å². The van der Waals surface area contributed by atoms with Crippen molar-refractivity contribution in [3.63, 3.8) is 0 Å². The topological polar surface area (TPSA) is 20.2 Å². The Morgan fingerprint density at radius 1 is 1.00 bits per heavy atom. The molecular weight excluding hydrogens is 196 g/mol. The first-order chi connectivity index (χ1) is 7.63. The Morgan fingerprint density at radius 3 is 1.81 bits per heavy atom. The molecule has 0 atom stereocenters. The number of benzene rings is 1. The molecule has 0 heterocycles. The molecule has 0 saturated carbocycles. The number of phenolic OH excluding ortho intramolecular Hbond substituents is 1. The monoisotopic (exact) mass is 222 g/mol. The normalized spacial score (nSPS) is 9.81. The number of hydrogen-bond acceptors (Lipinski definition) is 1. The molecule has 1 rings (SSSR count). The molecule has 0 aliphatic heterocycles. The van der Waals surface area contributed by atoms with Gasteiger partial charge in [0.15, 0.2) is 0 Å². The molecule has 0 amide bonds. The molecule has 0 unspecified atom stereocenters. The minimum absolute atomic E-state index is 0.347. The van der Waals surface area contributed by atoms with Crippen molar-refractivity contribution in [3.05, 3.63) is 29.8 Å². The standard InChI is InChI=1S/C9H12O.C6H14/c1-2-3-8-4-6-9(10)7-5-8;1-4-6(3)5-2/h4-7,10H,2-3H2,1H3;6H,4-5H2,1-3H3. The Kier molecular flexibility index (Phi) is 8.69. The summed E-state index contributed by atoms with van der Waals surface area (Å²) in [5, 5.41) is 8.92. The molecule has 0 aliphatic carbocycles. The molecule has 0 saturated heterocycles. The quantitative estimate of drug-likeness (QED) is 0.776. The molecule has 16 heavy (non-hydrogen) atoms. The summed E-state index contributed by atoms with van der Waals surface area (Å²) in [7, 11) is 0. The van der Waals surface area contributed by atoms with E-state index >= 15 is 0 Å². The van der Waals surface area contributed by atoms with E-state index in [0.29, 0.717) is 5.75 Å². The van der Waals surface area contributed by atoms with Crippen LogP contribution in [0, 0.1) is 5.92 Å². The Hall–Kier alpha value is -0.980. The first kappa shape index (κ1) is 15.0. The molecule has 1 nitrogen and oxygen atoms in total. The van der Waals surface area contributed by atoms with Gasteiger partial charge in [0, 0.05) is 0 Å². The third kappa shape index (κ3) is 7.33. The van der Waals surface area contributed by atoms with Crippen LogP contribution >= 0.6 is 0 Å². The number of aromatic hydroxyl groups is 1. The van der Waals surface area contributed by atoms with Gasteiger partial charge in [-0.2, -0.15) is 0 Å². The van der Waals surface area contributed by atoms with Crippen LogP contribution in [0.5, 0.6) is 5.75 Å². The first-order valence-electron chi connectivity index (χ1n) is 6.41. The SMILES string of the molecule is CCC(C)CC.CCCc1ccc(O)cc1. The number of aryl methyl sites for hydroxylation is 1. The predicted molar refractivity (Wildman–Crippen MR) is 71.8 cm³/mol. The summed E-state index contributed by atoms with van der Waals surface area (Å²) in [4.78, 5) is 0. The van der Waals surface area contributed by atoms with Crippen molar-refractivity contribution in [2.45, 2.75) is 53.4 Å². The second-order valence-corrected chi connectivity index (χ2v) is 4.34. The van der Waals surface area contributed by atoms with Crippen LogP contribution in [0.2, 0.25) is 0 Å². The maximum atomic E-state index is 8.92. The van der Waals surface area contributed by atoms with E-state index in [2.05, 4.69) is 27.7 Å². The molecule has 1 aromatic rings. The minimum atomic E-state index is 0.347. The van der Waals surface area contributed by atoms with Crippen LogP contribution in [0.3, 0.4) is 0 Å². The predicted octanol–water partition coefficient (Wildman–Crippen LogP) is 4.79. The largest absolute Gasteiger partial charge is 0.508 e. The fourth-order valence-corrected chi connectivity index (χ4v) is 1.24.